The Morgan fingerprint density at radius 1 is 1.50 bits per heavy atom. The fourth-order valence-electron chi connectivity index (χ4n) is 1.27. The summed E-state index contributed by atoms with van der Waals surface area (Å²) >= 11 is 14.4. The van der Waals surface area contributed by atoms with Crippen LogP contribution in [-0.2, 0) is 4.79 Å². The molecule has 1 amide bonds. The molecule has 0 atom stereocenters. The van der Waals surface area contributed by atoms with Gasteiger partial charge in [0, 0.05) is 10.9 Å². The minimum absolute atomic E-state index is 0.0809. The first kappa shape index (κ1) is 15.4. The summed E-state index contributed by atoms with van der Waals surface area (Å²) < 4.78 is 0.885. The molecule has 3 nitrogen and oxygen atoms in total. The van der Waals surface area contributed by atoms with E-state index < -0.39 is 0 Å². The molecular weight excluding hydrogens is 336 g/mol. The molecule has 0 spiro atoms. The Kier molecular flexibility index (Phi) is 6.60. The van der Waals surface area contributed by atoms with Crippen LogP contribution in [0.15, 0.2) is 22.7 Å². The summed E-state index contributed by atoms with van der Waals surface area (Å²) in [6.07, 6.45) is 2.31. The second kappa shape index (κ2) is 7.71. The number of unbranched alkanes of at least 4 members (excludes halogenated alkanes) is 1. The zero-order chi connectivity index (χ0) is 13.5. The maximum Gasteiger partial charge on any atom is 0.226 e. The summed E-state index contributed by atoms with van der Waals surface area (Å²) in [5.74, 6) is -0.0809. The van der Waals surface area contributed by atoms with Gasteiger partial charge in [0.05, 0.1) is 10.7 Å². The molecule has 0 saturated carbocycles. The van der Waals surface area contributed by atoms with Crippen molar-refractivity contribution in [1.29, 1.82) is 0 Å². The molecule has 0 aliphatic rings. The smallest absolute Gasteiger partial charge is 0.226 e. The van der Waals surface area contributed by atoms with Gasteiger partial charge in [-0.05, 0) is 36.8 Å². The number of thiocarbonyl (C=S) groups is 1. The van der Waals surface area contributed by atoms with Gasteiger partial charge in [0.1, 0.15) is 0 Å². The molecule has 1 aromatic rings. The van der Waals surface area contributed by atoms with E-state index in [1.807, 2.05) is 13.0 Å². The van der Waals surface area contributed by atoms with Gasteiger partial charge in [-0.3, -0.25) is 4.79 Å². The van der Waals surface area contributed by atoms with Crippen LogP contribution in [0, 0.1) is 0 Å². The lowest BCUT2D eigenvalue weighted by Gasteiger charge is -2.10. The van der Waals surface area contributed by atoms with Gasteiger partial charge in [-0.2, -0.15) is 0 Å². The van der Waals surface area contributed by atoms with Gasteiger partial charge >= 0.3 is 0 Å². The maximum atomic E-state index is 11.5. The molecule has 0 unspecified atom stereocenters. The standard InChI is InChI=1S/C12H14BrClN2OS/c1-2-3-4-11(17)16-12(18)15-10-6-5-8(13)7-9(10)14/h5-7H,2-4H2,1H3,(H2,15,16,17,18). The molecule has 1 rings (SSSR count). The molecule has 0 fully saturated rings. The largest absolute Gasteiger partial charge is 0.331 e. The van der Waals surface area contributed by atoms with Crippen molar-refractivity contribution in [3.05, 3.63) is 27.7 Å². The third-order valence-corrected chi connectivity index (χ3v) is 3.20. The van der Waals surface area contributed by atoms with Crippen molar-refractivity contribution in [3.63, 3.8) is 0 Å². The first-order chi connectivity index (χ1) is 8.52. The van der Waals surface area contributed by atoms with Gasteiger partial charge in [-0.1, -0.05) is 40.9 Å². The SMILES string of the molecule is CCCCC(=O)NC(=S)Nc1ccc(Br)cc1Cl. The van der Waals surface area contributed by atoms with E-state index in [0.29, 0.717) is 17.1 Å². The number of carbonyl (C=O) groups is 1. The van der Waals surface area contributed by atoms with Crippen molar-refractivity contribution >= 4 is 56.5 Å². The Bertz CT molecular complexity index is 454. The number of carbonyl (C=O) groups excluding carboxylic acids is 1. The molecule has 0 heterocycles. The lowest BCUT2D eigenvalue weighted by atomic mass is 10.2. The first-order valence-corrected chi connectivity index (χ1v) is 7.16. The second-order valence-electron chi connectivity index (χ2n) is 3.73. The fraction of sp³-hybridized carbons (Fsp3) is 0.333. The molecular formula is C12H14BrClN2OS. The Morgan fingerprint density at radius 3 is 2.83 bits per heavy atom. The van der Waals surface area contributed by atoms with Crippen molar-refractivity contribution in [2.24, 2.45) is 0 Å². The van der Waals surface area contributed by atoms with Gasteiger partial charge in [-0.25, -0.2) is 0 Å². The minimum atomic E-state index is -0.0809. The van der Waals surface area contributed by atoms with E-state index in [0.717, 1.165) is 17.3 Å². The molecule has 0 saturated heterocycles. The predicted molar refractivity (Wildman–Crippen MR) is 83.0 cm³/mol. The van der Waals surface area contributed by atoms with Crippen molar-refractivity contribution in [2.75, 3.05) is 5.32 Å². The van der Waals surface area contributed by atoms with Crippen LogP contribution < -0.4 is 10.6 Å². The summed E-state index contributed by atoms with van der Waals surface area (Å²) in [5.41, 5.74) is 0.667. The van der Waals surface area contributed by atoms with E-state index in [9.17, 15) is 4.79 Å². The third-order valence-electron chi connectivity index (χ3n) is 2.19. The third kappa shape index (κ3) is 5.33. The molecule has 0 aliphatic heterocycles. The molecule has 0 aliphatic carbocycles. The summed E-state index contributed by atoms with van der Waals surface area (Å²) in [6.45, 7) is 2.03. The average Bonchev–Trinajstić information content (AvgIpc) is 2.30. The normalized spacial score (nSPS) is 9.94. The lowest BCUT2D eigenvalue weighted by Crippen LogP contribution is -2.33. The molecule has 98 valence electrons. The van der Waals surface area contributed by atoms with E-state index in [1.165, 1.54) is 0 Å². The zero-order valence-electron chi connectivity index (χ0n) is 9.93. The van der Waals surface area contributed by atoms with Crippen molar-refractivity contribution in [2.45, 2.75) is 26.2 Å². The van der Waals surface area contributed by atoms with Crippen LogP contribution in [0.2, 0.25) is 5.02 Å². The first-order valence-electron chi connectivity index (χ1n) is 5.58. The highest BCUT2D eigenvalue weighted by atomic mass is 79.9. The van der Waals surface area contributed by atoms with Crippen molar-refractivity contribution in [1.82, 2.24) is 5.32 Å². The monoisotopic (exact) mass is 348 g/mol. The predicted octanol–water partition coefficient (Wildman–Crippen LogP) is 4.11. The Balaban J connectivity index is 2.51. The van der Waals surface area contributed by atoms with Crippen LogP contribution in [0.1, 0.15) is 26.2 Å². The zero-order valence-corrected chi connectivity index (χ0v) is 13.1. The topological polar surface area (TPSA) is 41.1 Å². The average molecular weight is 350 g/mol. The van der Waals surface area contributed by atoms with Crippen LogP contribution >= 0.6 is 39.7 Å². The number of rotatable bonds is 4. The molecule has 0 bridgehead atoms. The number of hydrogen-bond donors (Lipinski definition) is 2. The van der Waals surface area contributed by atoms with E-state index in [2.05, 4.69) is 26.6 Å². The van der Waals surface area contributed by atoms with Gasteiger partial charge in [0.2, 0.25) is 5.91 Å². The van der Waals surface area contributed by atoms with Gasteiger partial charge < -0.3 is 10.6 Å². The molecule has 0 aromatic heterocycles. The molecule has 1 aromatic carbocycles. The summed E-state index contributed by atoms with van der Waals surface area (Å²) in [6, 6.07) is 5.39. The number of anilines is 1. The van der Waals surface area contributed by atoms with Gasteiger partial charge in [0.15, 0.2) is 5.11 Å². The van der Waals surface area contributed by atoms with E-state index in [1.54, 1.807) is 12.1 Å². The highest BCUT2D eigenvalue weighted by Gasteiger charge is 2.06. The Morgan fingerprint density at radius 2 is 2.22 bits per heavy atom. The second-order valence-corrected chi connectivity index (χ2v) is 5.46. The van der Waals surface area contributed by atoms with E-state index >= 15 is 0 Å². The molecule has 18 heavy (non-hydrogen) atoms. The number of amides is 1. The minimum Gasteiger partial charge on any atom is -0.331 e. The lowest BCUT2D eigenvalue weighted by molar-refractivity contribution is -0.119. The van der Waals surface area contributed by atoms with Crippen LogP contribution in [-0.4, -0.2) is 11.0 Å². The van der Waals surface area contributed by atoms with Crippen LogP contribution in [0.3, 0.4) is 0 Å². The maximum absolute atomic E-state index is 11.5. The Hall–Kier alpha value is -0.650. The molecule has 0 radical (unpaired) electrons. The van der Waals surface area contributed by atoms with Crippen LogP contribution in [0.25, 0.3) is 0 Å². The van der Waals surface area contributed by atoms with Crippen LogP contribution in [0.4, 0.5) is 5.69 Å². The quantitative estimate of drug-likeness (QED) is 0.804. The number of halogens is 2. The molecule has 2 N–H and O–H groups in total. The van der Waals surface area contributed by atoms with E-state index in [-0.39, 0.29) is 11.0 Å². The number of hydrogen-bond acceptors (Lipinski definition) is 2. The summed E-state index contributed by atoms with van der Waals surface area (Å²) in [7, 11) is 0. The Labute approximate surface area is 125 Å². The summed E-state index contributed by atoms with van der Waals surface area (Å²) in [5, 5.41) is 6.31. The number of nitrogens with one attached hydrogen (secondary N) is 2. The highest BCUT2D eigenvalue weighted by Crippen LogP contribution is 2.25. The number of benzene rings is 1. The van der Waals surface area contributed by atoms with Crippen molar-refractivity contribution in [3.8, 4) is 0 Å². The highest BCUT2D eigenvalue weighted by molar-refractivity contribution is 9.10. The van der Waals surface area contributed by atoms with Crippen LogP contribution in [0.5, 0.6) is 0 Å². The fourth-order valence-corrected chi connectivity index (χ4v) is 2.22. The van der Waals surface area contributed by atoms with E-state index in [4.69, 9.17) is 23.8 Å². The van der Waals surface area contributed by atoms with Gasteiger partial charge in [-0.15, -0.1) is 0 Å². The van der Waals surface area contributed by atoms with Crippen molar-refractivity contribution < 1.29 is 4.79 Å². The molecule has 6 heteroatoms. The van der Waals surface area contributed by atoms with Gasteiger partial charge in [0.25, 0.3) is 0 Å². The summed E-state index contributed by atoms with van der Waals surface area (Å²) in [4.78, 5) is 11.5.